The zero-order chi connectivity index (χ0) is 10.8. The van der Waals surface area contributed by atoms with Gasteiger partial charge in [-0.15, -0.1) is 0 Å². The molecule has 1 aromatic rings. The van der Waals surface area contributed by atoms with Crippen LogP contribution in [0.15, 0.2) is 23.2 Å². The van der Waals surface area contributed by atoms with Gasteiger partial charge in [-0.25, -0.2) is 0 Å². The lowest BCUT2D eigenvalue weighted by atomic mass is 10.3. The number of ether oxygens (including phenoxy) is 1. The Morgan fingerprint density at radius 3 is 2.53 bits per heavy atom. The Morgan fingerprint density at radius 1 is 1.33 bits per heavy atom. The third-order valence-corrected chi connectivity index (χ3v) is 2.74. The van der Waals surface area contributed by atoms with Crippen LogP contribution >= 0.6 is 23.2 Å². The molecule has 0 aromatic heterocycles. The summed E-state index contributed by atoms with van der Waals surface area (Å²) in [5.74, 6) is 0. The van der Waals surface area contributed by atoms with Crippen LogP contribution in [0.2, 0.25) is 10.0 Å². The van der Waals surface area contributed by atoms with E-state index in [4.69, 9.17) is 27.9 Å². The van der Waals surface area contributed by atoms with Gasteiger partial charge in [0.05, 0.1) is 16.6 Å². The van der Waals surface area contributed by atoms with E-state index >= 15 is 0 Å². The first-order valence-corrected chi connectivity index (χ1v) is 5.30. The third-order valence-electron chi connectivity index (χ3n) is 2.13. The minimum atomic E-state index is 0.527. The van der Waals surface area contributed by atoms with Gasteiger partial charge in [0.1, 0.15) is 12.3 Å². The molecule has 1 fully saturated rings. The molecular weight excluding hydrogens is 235 g/mol. The molecule has 1 saturated heterocycles. The Labute approximate surface area is 98.3 Å². The molecule has 15 heavy (non-hydrogen) atoms. The van der Waals surface area contributed by atoms with Crippen molar-refractivity contribution in [3.05, 3.63) is 28.2 Å². The van der Waals surface area contributed by atoms with E-state index in [1.807, 2.05) is 11.9 Å². The number of likely N-dealkylation sites (N-methyl/N-ethyl adjacent to an activating group) is 1. The molecule has 0 aliphatic carbocycles. The number of aliphatic imine (C=N–C) groups is 1. The van der Waals surface area contributed by atoms with Gasteiger partial charge in [-0.2, -0.15) is 4.99 Å². The number of amidine groups is 1. The van der Waals surface area contributed by atoms with Gasteiger partial charge in [-0.3, -0.25) is 0 Å². The summed E-state index contributed by atoms with van der Waals surface area (Å²) >= 11 is 12.0. The van der Waals surface area contributed by atoms with Crippen molar-refractivity contribution in [2.75, 3.05) is 20.2 Å². The van der Waals surface area contributed by atoms with E-state index in [2.05, 4.69) is 4.99 Å². The number of para-hydroxylation sites is 1. The van der Waals surface area contributed by atoms with Gasteiger partial charge in [-0.05, 0) is 12.1 Å². The van der Waals surface area contributed by atoms with Gasteiger partial charge in [0.25, 0.3) is 6.02 Å². The summed E-state index contributed by atoms with van der Waals surface area (Å²) in [5, 5.41) is 1.05. The summed E-state index contributed by atoms with van der Waals surface area (Å²) in [5.41, 5.74) is 0.560. The maximum atomic E-state index is 5.99. The van der Waals surface area contributed by atoms with Crippen LogP contribution in [0.25, 0.3) is 0 Å². The van der Waals surface area contributed by atoms with E-state index in [1.54, 1.807) is 18.2 Å². The van der Waals surface area contributed by atoms with Crippen LogP contribution in [0.3, 0.4) is 0 Å². The van der Waals surface area contributed by atoms with Crippen molar-refractivity contribution in [2.45, 2.75) is 0 Å². The Bertz CT molecular complexity index is 386. The second-order valence-electron chi connectivity index (χ2n) is 3.23. The van der Waals surface area contributed by atoms with Crippen molar-refractivity contribution in [1.82, 2.24) is 4.90 Å². The summed E-state index contributed by atoms with van der Waals surface area (Å²) in [6, 6.07) is 5.85. The van der Waals surface area contributed by atoms with E-state index in [1.165, 1.54) is 0 Å². The molecule has 5 heteroatoms. The minimum absolute atomic E-state index is 0.527. The first-order valence-electron chi connectivity index (χ1n) is 4.55. The van der Waals surface area contributed by atoms with Crippen LogP contribution in [-0.2, 0) is 4.74 Å². The van der Waals surface area contributed by atoms with Crippen molar-refractivity contribution in [2.24, 2.45) is 4.99 Å². The molecule has 1 aliphatic rings. The third kappa shape index (κ3) is 2.19. The van der Waals surface area contributed by atoms with Crippen molar-refractivity contribution >= 4 is 34.9 Å². The van der Waals surface area contributed by atoms with Crippen molar-refractivity contribution in [3.63, 3.8) is 0 Å². The standard InChI is InChI=1S/C10H10Cl2N2O/c1-14-5-6-15-10(14)13-9-7(11)3-2-4-8(9)12/h2-4H,5-6H2,1H3. The van der Waals surface area contributed by atoms with Gasteiger partial charge < -0.3 is 9.64 Å². The van der Waals surface area contributed by atoms with Crippen molar-refractivity contribution in [1.29, 1.82) is 0 Å². The predicted molar refractivity (Wildman–Crippen MR) is 62.1 cm³/mol. The molecule has 2 rings (SSSR count). The summed E-state index contributed by atoms with van der Waals surface area (Å²) < 4.78 is 5.34. The van der Waals surface area contributed by atoms with Gasteiger partial charge >= 0.3 is 0 Å². The highest BCUT2D eigenvalue weighted by Gasteiger charge is 2.17. The lowest BCUT2D eigenvalue weighted by molar-refractivity contribution is 0.352. The Morgan fingerprint density at radius 2 is 2.00 bits per heavy atom. The predicted octanol–water partition coefficient (Wildman–Crippen LogP) is 2.94. The van der Waals surface area contributed by atoms with Crippen molar-refractivity contribution in [3.8, 4) is 0 Å². The van der Waals surface area contributed by atoms with Crippen molar-refractivity contribution < 1.29 is 4.74 Å². The molecule has 0 unspecified atom stereocenters. The van der Waals surface area contributed by atoms with Gasteiger partial charge in [0, 0.05) is 7.05 Å². The number of nitrogens with zero attached hydrogens (tertiary/aromatic N) is 2. The van der Waals surface area contributed by atoms with Crippen LogP contribution in [0.1, 0.15) is 0 Å². The molecule has 0 saturated carbocycles. The number of halogens is 2. The Hall–Kier alpha value is -0.930. The highest BCUT2D eigenvalue weighted by Crippen LogP contribution is 2.33. The average Bonchev–Trinajstić information content (AvgIpc) is 2.58. The molecule has 1 aromatic carbocycles. The van der Waals surface area contributed by atoms with Gasteiger partial charge in [-0.1, -0.05) is 29.3 Å². The average molecular weight is 245 g/mol. The fraction of sp³-hybridized carbons (Fsp3) is 0.300. The second kappa shape index (κ2) is 4.29. The SMILES string of the molecule is CN1CCOC1=Nc1c(Cl)cccc1Cl. The number of hydrogen-bond acceptors (Lipinski definition) is 2. The van der Waals surface area contributed by atoms with Gasteiger partial charge in [0.15, 0.2) is 0 Å². The Balaban J connectivity index is 2.38. The molecule has 0 N–H and O–H groups in total. The van der Waals surface area contributed by atoms with Crippen LogP contribution in [0, 0.1) is 0 Å². The molecular formula is C10H10Cl2N2O. The molecule has 0 amide bonds. The van der Waals surface area contributed by atoms with E-state index in [9.17, 15) is 0 Å². The zero-order valence-corrected chi connectivity index (χ0v) is 9.72. The molecule has 80 valence electrons. The summed E-state index contributed by atoms with van der Waals surface area (Å²) in [4.78, 5) is 6.21. The summed E-state index contributed by atoms with van der Waals surface area (Å²) in [7, 11) is 1.91. The smallest absolute Gasteiger partial charge is 0.292 e. The second-order valence-corrected chi connectivity index (χ2v) is 4.05. The van der Waals surface area contributed by atoms with E-state index in [0.29, 0.717) is 28.4 Å². The number of benzene rings is 1. The number of rotatable bonds is 1. The molecule has 1 heterocycles. The maximum absolute atomic E-state index is 5.99. The molecule has 0 radical (unpaired) electrons. The Kier molecular flexibility index (Phi) is 3.03. The molecule has 0 bridgehead atoms. The number of hydrogen-bond donors (Lipinski definition) is 0. The highest BCUT2D eigenvalue weighted by molar-refractivity contribution is 6.38. The maximum Gasteiger partial charge on any atom is 0.292 e. The van der Waals surface area contributed by atoms with Crippen LogP contribution in [-0.4, -0.2) is 31.1 Å². The largest absolute Gasteiger partial charge is 0.463 e. The molecule has 0 atom stereocenters. The van der Waals surface area contributed by atoms with Crippen LogP contribution in [0.4, 0.5) is 5.69 Å². The first-order chi connectivity index (χ1) is 7.18. The lowest BCUT2D eigenvalue weighted by Gasteiger charge is -2.08. The first kappa shape index (κ1) is 10.6. The zero-order valence-electron chi connectivity index (χ0n) is 8.20. The lowest BCUT2D eigenvalue weighted by Crippen LogP contribution is -2.19. The van der Waals surface area contributed by atoms with Crippen LogP contribution in [0.5, 0.6) is 0 Å². The summed E-state index contributed by atoms with van der Waals surface area (Å²) in [6.45, 7) is 1.48. The monoisotopic (exact) mass is 244 g/mol. The topological polar surface area (TPSA) is 24.8 Å². The quantitative estimate of drug-likeness (QED) is 0.759. The van der Waals surface area contributed by atoms with Crippen LogP contribution < -0.4 is 0 Å². The fourth-order valence-electron chi connectivity index (χ4n) is 1.29. The van der Waals surface area contributed by atoms with E-state index in [-0.39, 0.29) is 0 Å². The molecule has 1 aliphatic heterocycles. The molecule has 3 nitrogen and oxygen atoms in total. The highest BCUT2D eigenvalue weighted by atomic mass is 35.5. The van der Waals surface area contributed by atoms with Gasteiger partial charge in [0.2, 0.25) is 0 Å². The van der Waals surface area contributed by atoms with E-state index in [0.717, 1.165) is 6.54 Å². The minimum Gasteiger partial charge on any atom is -0.463 e. The fourth-order valence-corrected chi connectivity index (χ4v) is 1.77. The normalized spacial score (nSPS) is 18.3. The van der Waals surface area contributed by atoms with E-state index < -0.39 is 0 Å². The summed E-state index contributed by atoms with van der Waals surface area (Å²) in [6.07, 6.45) is 0. The molecule has 0 spiro atoms.